The van der Waals surface area contributed by atoms with Crippen LogP contribution in [0.25, 0.3) is 10.9 Å². The summed E-state index contributed by atoms with van der Waals surface area (Å²) < 4.78 is 1.79. The number of carboxylic acid groups (broad SMARTS) is 1. The highest BCUT2D eigenvalue weighted by Gasteiger charge is 2.33. The predicted octanol–water partition coefficient (Wildman–Crippen LogP) is 2.34. The lowest BCUT2D eigenvalue weighted by Crippen LogP contribution is -2.43. The minimum Gasteiger partial charge on any atom is -0.465 e. The highest BCUT2D eigenvalue weighted by molar-refractivity contribution is 6.02. The van der Waals surface area contributed by atoms with Crippen LogP contribution in [0.4, 0.5) is 4.79 Å². The van der Waals surface area contributed by atoms with E-state index in [4.69, 9.17) is 0 Å². The molecule has 8 nitrogen and oxygen atoms in total. The van der Waals surface area contributed by atoms with Crippen molar-refractivity contribution in [3.8, 4) is 0 Å². The molecule has 1 aromatic heterocycles. The first-order valence-corrected chi connectivity index (χ1v) is 9.65. The third-order valence-corrected chi connectivity index (χ3v) is 6.07. The number of amides is 3. The van der Waals surface area contributed by atoms with Gasteiger partial charge in [0.05, 0.1) is 17.1 Å². The number of aryl methyl sites for hydroxylation is 1. The summed E-state index contributed by atoms with van der Waals surface area (Å²) in [4.78, 5) is 36.5. The Bertz CT molecular complexity index is 967. The molecule has 0 radical (unpaired) electrons. The van der Waals surface area contributed by atoms with Crippen molar-refractivity contribution in [2.75, 3.05) is 6.54 Å². The largest absolute Gasteiger partial charge is 0.465 e. The van der Waals surface area contributed by atoms with Crippen molar-refractivity contribution in [3.63, 3.8) is 0 Å². The first kappa shape index (κ1) is 18.5. The summed E-state index contributed by atoms with van der Waals surface area (Å²) in [5.41, 5.74) is 2.83. The Kier molecular flexibility index (Phi) is 4.56. The predicted molar refractivity (Wildman–Crippen MR) is 102 cm³/mol. The van der Waals surface area contributed by atoms with Gasteiger partial charge in [0.2, 0.25) is 11.8 Å². The van der Waals surface area contributed by atoms with Gasteiger partial charge in [-0.05, 0) is 43.7 Å². The number of carbonyl (C=O) groups is 3. The number of nitrogens with zero attached hydrogens (tertiary/aromatic N) is 3. The van der Waals surface area contributed by atoms with E-state index in [1.165, 1.54) is 10.5 Å². The third-order valence-electron chi connectivity index (χ3n) is 6.07. The Balaban J connectivity index is 1.62. The first-order chi connectivity index (χ1) is 13.3. The lowest BCUT2D eigenvalue weighted by molar-refractivity contribution is -0.134. The van der Waals surface area contributed by atoms with Gasteiger partial charge in [0.25, 0.3) is 0 Å². The molecule has 3 amide bonds. The number of aromatic nitrogens is 2. The molecule has 0 aliphatic carbocycles. The fourth-order valence-electron chi connectivity index (χ4n) is 4.53. The quantitative estimate of drug-likeness (QED) is 0.774. The standard InChI is InChI=1S/C20H24N4O4/c1-11-9-13(7-8-24(11)20(27)28)12-3-4-14-16(10-12)23(2)22-18(14)15-5-6-17(25)21-19(15)26/h3-4,10-11,13,15H,5-9H2,1-2H3,(H,27,28)(H,21,25,26)/t11-,13-,15?/m0/s1. The van der Waals surface area contributed by atoms with E-state index < -0.39 is 12.0 Å². The molecule has 2 saturated heterocycles. The molecule has 2 fully saturated rings. The SMILES string of the molecule is C[C@H]1C[C@@H](c2ccc3c(C4CCC(=O)NC4=O)nn(C)c3c2)CCN1C(=O)O. The Morgan fingerprint density at radius 2 is 2.07 bits per heavy atom. The second-order valence-corrected chi connectivity index (χ2v) is 7.84. The summed E-state index contributed by atoms with van der Waals surface area (Å²) in [6, 6.07) is 6.15. The van der Waals surface area contributed by atoms with Crippen molar-refractivity contribution >= 4 is 28.8 Å². The second-order valence-electron chi connectivity index (χ2n) is 7.84. The van der Waals surface area contributed by atoms with Gasteiger partial charge in [0, 0.05) is 31.4 Å². The minimum atomic E-state index is -0.859. The van der Waals surface area contributed by atoms with Gasteiger partial charge in [0.1, 0.15) is 0 Å². The maximum Gasteiger partial charge on any atom is 0.407 e. The summed E-state index contributed by atoms with van der Waals surface area (Å²) in [7, 11) is 1.86. The molecule has 2 N–H and O–H groups in total. The molecule has 1 unspecified atom stereocenters. The lowest BCUT2D eigenvalue weighted by atomic mass is 9.85. The number of likely N-dealkylation sites (tertiary alicyclic amines) is 1. The molecule has 0 saturated carbocycles. The fourth-order valence-corrected chi connectivity index (χ4v) is 4.53. The number of hydrogen-bond donors (Lipinski definition) is 2. The van der Waals surface area contributed by atoms with Crippen LogP contribution < -0.4 is 5.32 Å². The van der Waals surface area contributed by atoms with Crippen molar-refractivity contribution in [2.24, 2.45) is 7.05 Å². The Morgan fingerprint density at radius 1 is 1.29 bits per heavy atom. The number of rotatable bonds is 2. The highest BCUT2D eigenvalue weighted by Crippen LogP contribution is 2.35. The zero-order valence-electron chi connectivity index (χ0n) is 16.0. The number of imide groups is 1. The Labute approximate surface area is 162 Å². The van der Waals surface area contributed by atoms with Gasteiger partial charge in [-0.2, -0.15) is 5.10 Å². The van der Waals surface area contributed by atoms with Crippen LogP contribution in [0.3, 0.4) is 0 Å². The summed E-state index contributed by atoms with van der Waals surface area (Å²) in [5.74, 6) is -0.629. The van der Waals surface area contributed by atoms with Crippen LogP contribution in [-0.4, -0.2) is 50.3 Å². The number of fused-ring (bicyclic) bond motifs is 1. The average Bonchev–Trinajstić information content (AvgIpc) is 2.97. The zero-order valence-corrected chi connectivity index (χ0v) is 16.0. The van der Waals surface area contributed by atoms with Crippen molar-refractivity contribution in [3.05, 3.63) is 29.5 Å². The van der Waals surface area contributed by atoms with Gasteiger partial charge in [0.15, 0.2) is 0 Å². The number of piperidine rings is 2. The first-order valence-electron chi connectivity index (χ1n) is 9.65. The number of nitrogens with one attached hydrogen (secondary N) is 1. The number of carbonyl (C=O) groups excluding carboxylic acids is 2. The fraction of sp³-hybridized carbons (Fsp3) is 0.500. The van der Waals surface area contributed by atoms with E-state index in [0.717, 1.165) is 23.7 Å². The van der Waals surface area contributed by atoms with E-state index in [1.54, 1.807) is 4.68 Å². The van der Waals surface area contributed by atoms with Gasteiger partial charge in [-0.1, -0.05) is 12.1 Å². The normalized spacial score (nSPS) is 25.8. The van der Waals surface area contributed by atoms with Crippen molar-refractivity contribution in [1.29, 1.82) is 0 Å². The average molecular weight is 384 g/mol. The summed E-state index contributed by atoms with van der Waals surface area (Å²) in [6.07, 6.45) is 1.52. The van der Waals surface area contributed by atoms with Gasteiger partial charge < -0.3 is 10.0 Å². The molecular formula is C20H24N4O4. The van der Waals surface area contributed by atoms with Gasteiger partial charge >= 0.3 is 6.09 Å². The van der Waals surface area contributed by atoms with Crippen molar-refractivity contribution in [2.45, 2.75) is 50.5 Å². The topological polar surface area (TPSA) is 105 Å². The third kappa shape index (κ3) is 3.12. The van der Waals surface area contributed by atoms with Gasteiger partial charge in [-0.3, -0.25) is 19.6 Å². The molecule has 2 aliphatic heterocycles. The summed E-state index contributed by atoms with van der Waals surface area (Å²) in [6.45, 7) is 2.48. The van der Waals surface area contributed by atoms with Crippen LogP contribution in [0, 0.1) is 0 Å². The van der Waals surface area contributed by atoms with Gasteiger partial charge in [-0.25, -0.2) is 4.79 Å². The van der Waals surface area contributed by atoms with Crippen molar-refractivity contribution < 1.29 is 19.5 Å². The second kappa shape index (κ2) is 6.92. The molecule has 148 valence electrons. The molecule has 3 atom stereocenters. The van der Waals surface area contributed by atoms with E-state index in [2.05, 4.69) is 22.5 Å². The van der Waals surface area contributed by atoms with Crippen LogP contribution >= 0.6 is 0 Å². The minimum absolute atomic E-state index is 0.0162. The van der Waals surface area contributed by atoms with Gasteiger partial charge in [-0.15, -0.1) is 0 Å². The van der Waals surface area contributed by atoms with Crippen LogP contribution in [0.15, 0.2) is 18.2 Å². The molecule has 3 heterocycles. The van der Waals surface area contributed by atoms with E-state index in [1.807, 2.05) is 20.0 Å². The molecule has 28 heavy (non-hydrogen) atoms. The van der Waals surface area contributed by atoms with Crippen LogP contribution in [0.1, 0.15) is 55.7 Å². The van der Waals surface area contributed by atoms with E-state index >= 15 is 0 Å². The van der Waals surface area contributed by atoms with Crippen LogP contribution in [0.2, 0.25) is 0 Å². The molecule has 1 aromatic carbocycles. The monoisotopic (exact) mass is 384 g/mol. The highest BCUT2D eigenvalue weighted by atomic mass is 16.4. The smallest absolute Gasteiger partial charge is 0.407 e. The summed E-state index contributed by atoms with van der Waals surface area (Å²) >= 11 is 0. The van der Waals surface area contributed by atoms with Crippen LogP contribution in [-0.2, 0) is 16.6 Å². The lowest BCUT2D eigenvalue weighted by Gasteiger charge is -2.36. The molecule has 2 aliphatic rings. The van der Waals surface area contributed by atoms with E-state index in [0.29, 0.717) is 31.0 Å². The van der Waals surface area contributed by atoms with Crippen LogP contribution in [0.5, 0.6) is 0 Å². The maximum atomic E-state index is 12.3. The molecule has 0 spiro atoms. The Hall–Kier alpha value is -2.90. The van der Waals surface area contributed by atoms with E-state index in [9.17, 15) is 19.5 Å². The number of benzene rings is 1. The molecule has 4 rings (SSSR count). The zero-order chi connectivity index (χ0) is 20.0. The Morgan fingerprint density at radius 3 is 2.75 bits per heavy atom. The molecule has 2 aromatic rings. The molecule has 8 heteroatoms. The molecule has 0 bridgehead atoms. The number of hydrogen-bond acceptors (Lipinski definition) is 4. The maximum absolute atomic E-state index is 12.3. The van der Waals surface area contributed by atoms with Crippen molar-refractivity contribution in [1.82, 2.24) is 20.0 Å². The molecular weight excluding hydrogens is 360 g/mol. The summed E-state index contributed by atoms with van der Waals surface area (Å²) in [5, 5.41) is 17.2. The van der Waals surface area contributed by atoms with E-state index in [-0.39, 0.29) is 17.9 Å².